The zero-order valence-corrected chi connectivity index (χ0v) is 22.6. The van der Waals surface area contributed by atoms with E-state index in [2.05, 4.69) is 42.5 Å². The molecule has 3 aromatic carbocycles. The number of hydrogen-bond donors (Lipinski definition) is 2. The lowest BCUT2D eigenvalue weighted by Crippen LogP contribution is -2.54. The summed E-state index contributed by atoms with van der Waals surface area (Å²) in [5.74, 6) is -0.0787. The van der Waals surface area contributed by atoms with Gasteiger partial charge in [0.25, 0.3) is 11.9 Å². The molecule has 0 aromatic heterocycles. The minimum atomic E-state index is -1.47. The number of anilines is 1. The molecule has 10 heteroatoms. The van der Waals surface area contributed by atoms with Crippen molar-refractivity contribution in [2.75, 3.05) is 12.4 Å². The van der Waals surface area contributed by atoms with Crippen LogP contribution < -0.4 is 20.1 Å². The number of para-hydroxylation sites is 1. The van der Waals surface area contributed by atoms with Crippen LogP contribution in [0.15, 0.2) is 69.6 Å². The summed E-state index contributed by atoms with van der Waals surface area (Å²) in [6.07, 6.45) is 0. The number of nitro groups is 1. The van der Waals surface area contributed by atoms with Crippen LogP contribution >= 0.6 is 31.9 Å². The lowest BCUT2D eigenvalue weighted by Gasteiger charge is -2.25. The first-order valence-electron chi connectivity index (χ1n) is 11.3. The molecule has 0 bridgehead atoms. The van der Waals surface area contributed by atoms with E-state index in [1.54, 1.807) is 30.3 Å². The van der Waals surface area contributed by atoms with E-state index in [1.807, 2.05) is 37.3 Å². The van der Waals surface area contributed by atoms with Crippen molar-refractivity contribution in [2.45, 2.75) is 37.1 Å². The molecular formula is C26H23Br2N3O5. The van der Waals surface area contributed by atoms with Gasteiger partial charge in [-0.05, 0) is 64.3 Å². The first kappa shape index (κ1) is 24.7. The van der Waals surface area contributed by atoms with Gasteiger partial charge in [-0.25, -0.2) is 0 Å². The third-order valence-electron chi connectivity index (χ3n) is 6.90. The number of halogens is 2. The Morgan fingerprint density at radius 1 is 1.11 bits per heavy atom. The van der Waals surface area contributed by atoms with Gasteiger partial charge >= 0.3 is 0 Å². The van der Waals surface area contributed by atoms with Crippen LogP contribution in [0.25, 0.3) is 0 Å². The van der Waals surface area contributed by atoms with Gasteiger partial charge in [-0.2, -0.15) is 0 Å². The maximum atomic E-state index is 13.2. The highest BCUT2D eigenvalue weighted by molar-refractivity contribution is 9.10. The summed E-state index contributed by atoms with van der Waals surface area (Å²) in [6.45, 7) is 2.18. The van der Waals surface area contributed by atoms with Crippen LogP contribution in [0.1, 0.15) is 29.5 Å². The Bertz CT molecular complexity index is 1350. The highest BCUT2D eigenvalue weighted by Gasteiger charge is 2.67. The van der Waals surface area contributed by atoms with E-state index in [-0.39, 0.29) is 11.0 Å². The minimum Gasteiger partial charge on any atom is -0.493 e. The second-order valence-electron chi connectivity index (χ2n) is 8.95. The first-order valence-corrected chi connectivity index (χ1v) is 12.9. The number of fused-ring (bicyclic) bond motifs is 2. The molecule has 0 saturated carbocycles. The van der Waals surface area contributed by atoms with Crippen LogP contribution in [0.3, 0.4) is 0 Å². The molecule has 1 amide bonds. The second-order valence-corrected chi connectivity index (χ2v) is 10.7. The van der Waals surface area contributed by atoms with Crippen LogP contribution in [0.4, 0.5) is 5.69 Å². The number of amides is 1. The standard InChI is InChI=1S/C26H23Br2N3O5/c1-14-22(24(31(33)34)26(30-14)18-5-3-4-6-20(18)29-25(26)32)16-11-19(28)23(21(12-16)35-2)36-13-15-7-9-17(27)10-8-15/h3-12,14,22,24,30H,13H2,1-2H3,(H,29,32)/t14-,22-,24+,26-/m0/s1. The van der Waals surface area contributed by atoms with Gasteiger partial charge < -0.3 is 14.8 Å². The summed E-state index contributed by atoms with van der Waals surface area (Å²) >= 11 is 7.00. The molecule has 1 spiro atoms. The van der Waals surface area contributed by atoms with Crippen molar-refractivity contribution in [3.05, 3.63) is 96.4 Å². The Morgan fingerprint density at radius 2 is 1.83 bits per heavy atom. The topological polar surface area (TPSA) is 103 Å². The van der Waals surface area contributed by atoms with E-state index in [9.17, 15) is 14.9 Å². The van der Waals surface area contributed by atoms with Gasteiger partial charge in [0.2, 0.25) is 0 Å². The van der Waals surface area contributed by atoms with E-state index in [0.717, 1.165) is 10.0 Å². The Balaban J connectivity index is 1.53. The van der Waals surface area contributed by atoms with Crippen molar-refractivity contribution < 1.29 is 19.2 Å². The number of benzene rings is 3. The second kappa shape index (κ2) is 9.49. The highest BCUT2D eigenvalue weighted by atomic mass is 79.9. The van der Waals surface area contributed by atoms with Crippen molar-refractivity contribution >= 4 is 43.5 Å². The number of rotatable bonds is 6. The van der Waals surface area contributed by atoms with Gasteiger partial charge in [0.15, 0.2) is 17.0 Å². The summed E-state index contributed by atoms with van der Waals surface area (Å²) in [5.41, 5.74) is 1.36. The minimum absolute atomic E-state index is 0.320. The lowest BCUT2D eigenvalue weighted by atomic mass is 9.78. The maximum Gasteiger partial charge on any atom is 0.256 e. The van der Waals surface area contributed by atoms with Crippen LogP contribution in [0.5, 0.6) is 11.5 Å². The molecule has 36 heavy (non-hydrogen) atoms. The molecule has 3 aromatic rings. The van der Waals surface area contributed by atoms with Crippen molar-refractivity contribution in [3.8, 4) is 11.5 Å². The molecule has 2 aliphatic rings. The highest BCUT2D eigenvalue weighted by Crippen LogP contribution is 2.51. The Kier molecular flexibility index (Phi) is 6.52. The summed E-state index contributed by atoms with van der Waals surface area (Å²) < 4.78 is 13.3. The molecule has 2 aliphatic heterocycles. The fraction of sp³-hybridized carbons (Fsp3) is 0.269. The first-order chi connectivity index (χ1) is 17.3. The van der Waals surface area contributed by atoms with E-state index in [0.29, 0.717) is 39.4 Å². The number of carbonyl (C=O) groups excluding carboxylic acids is 1. The monoisotopic (exact) mass is 615 g/mol. The van der Waals surface area contributed by atoms with Crippen LogP contribution in [-0.2, 0) is 16.9 Å². The molecule has 186 valence electrons. The van der Waals surface area contributed by atoms with Crippen molar-refractivity contribution in [2.24, 2.45) is 0 Å². The van der Waals surface area contributed by atoms with Crippen molar-refractivity contribution in [3.63, 3.8) is 0 Å². The van der Waals surface area contributed by atoms with E-state index >= 15 is 0 Å². The number of methoxy groups -OCH3 is 1. The summed E-state index contributed by atoms with van der Waals surface area (Å²) in [5, 5.41) is 18.7. The lowest BCUT2D eigenvalue weighted by molar-refractivity contribution is -0.532. The summed E-state index contributed by atoms with van der Waals surface area (Å²) in [6, 6.07) is 16.9. The number of carbonyl (C=O) groups is 1. The predicted molar refractivity (Wildman–Crippen MR) is 142 cm³/mol. The third-order valence-corrected chi connectivity index (χ3v) is 8.01. The van der Waals surface area contributed by atoms with Crippen LogP contribution in [0, 0.1) is 10.1 Å². The molecule has 4 atom stereocenters. The fourth-order valence-corrected chi connectivity index (χ4v) is 6.20. The van der Waals surface area contributed by atoms with Gasteiger partial charge in [-0.3, -0.25) is 20.2 Å². The van der Waals surface area contributed by atoms with E-state index in [4.69, 9.17) is 9.47 Å². The maximum absolute atomic E-state index is 13.2. The molecule has 0 unspecified atom stereocenters. The SMILES string of the molecule is COc1cc([C@@H]2[C@H](C)N[C@]3(C(=O)Nc4ccccc43)[C@@H]2[N+](=O)[O-])cc(Br)c1OCc1ccc(Br)cc1. The Morgan fingerprint density at radius 3 is 2.53 bits per heavy atom. The van der Waals surface area contributed by atoms with E-state index < -0.39 is 23.4 Å². The number of ether oxygens (including phenoxy) is 2. The normalized spacial score (nSPS) is 24.4. The molecule has 0 radical (unpaired) electrons. The van der Waals surface area contributed by atoms with Crippen LogP contribution in [-0.4, -0.2) is 30.0 Å². The summed E-state index contributed by atoms with van der Waals surface area (Å²) in [4.78, 5) is 25.4. The van der Waals surface area contributed by atoms with Gasteiger partial charge in [0, 0.05) is 26.7 Å². The Hall–Kier alpha value is -2.95. The predicted octanol–water partition coefficient (Wildman–Crippen LogP) is 5.37. The van der Waals surface area contributed by atoms with Crippen molar-refractivity contribution in [1.82, 2.24) is 5.32 Å². The molecular weight excluding hydrogens is 594 g/mol. The summed E-state index contributed by atoms with van der Waals surface area (Å²) in [7, 11) is 1.53. The fourth-order valence-electron chi connectivity index (χ4n) is 5.36. The largest absolute Gasteiger partial charge is 0.493 e. The zero-order valence-electron chi connectivity index (χ0n) is 19.5. The van der Waals surface area contributed by atoms with Crippen molar-refractivity contribution in [1.29, 1.82) is 0 Å². The van der Waals surface area contributed by atoms with Crippen LogP contribution in [0.2, 0.25) is 0 Å². The van der Waals surface area contributed by atoms with E-state index in [1.165, 1.54) is 7.11 Å². The average molecular weight is 617 g/mol. The molecule has 5 rings (SSSR count). The number of nitrogens with one attached hydrogen (secondary N) is 2. The smallest absolute Gasteiger partial charge is 0.256 e. The molecule has 2 heterocycles. The van der Waals surface area contributed by atoms with Gasteiger partial charge in [0.1, 0.15) is 6.61 Å². The zero-order chi connectivity index (χ0) is 25.6. The molecule has 8 nitrogen and oxygen atoms in total. The van der Waals surface area contributed by atoms with Gasteiger partial charge in [-0.15, -0.1) is 0 Å². The average Bonchev–Trinajstić information content (AvgIpc) is 3.32. The Labute approximate surface area is 224 Å². The number of hydrogen-bond acceptors (Lipinski definition) is 6. The molecule has 2 N–H and O–H groups in total. The third kappa shape index (κ3) is 3.97. The molecule has 1 saturated heterocycles. The quantitative estimate of drug-likeness (QED) is 0.285. The molecule has 1 fully saturated rings. The molecule has 0 aliphatic carbocycles. The number of nitrogens with zero attached hydrogens (tertiary/aromatic N) is 1. The van der Waals surface area contributed by atoms with Gasteiger partial charge in [-0.1, -0.05) is 46.3 Å². The van der Waals surface area contributed by atoms with Gasteiger partial charge in [0.05, 0.1) is 17.5 Å².